The Balaban J connectivity index is 1.69. The third-order valence-electron chi connectivity index (χ3n) is 4.52. The van der Waals surface area contributed by atoms with E-state index in [4.69, 9.17) is 18.9 Å². The van der Waals surface area contributed by atoms with E-state index in [1.54, 1.807) is 55.7 Å². The first-order valence-electron chi connectivity index (χ1n) is 9.45. The van der Waals surface area contributed by atoms with Gasteiger partial charge in [0.15, 0.2) is 5.78 Å². The van der Waals surface area contributed by atoms with Crippen molar-refractivity contribution in [2.45, 2.75) is 0 Å². The Kier molecular flexibility index (Phi) is 7.06. The second-order valence-corrected chi connectivity index (χ2v) is 6.42. The van der Waals surface area contributed by atoms with Crippen LogP contribution in [0.5, 0.6) is 23.0 Å². The molecule has 0 aliphatic carbocycles. The van der Waals surface area contributed by atoms with Crippen LogP contribution in [-0.2, 0) is 0 Å². The van der Waals surface area contributed by atoms with Gasteiger partial charge in [-0.25, -0.2) is 4.79 Å². The fourth-order valence-corrected chi connectivity index (χ4v) is 2.88. The highest BCUT2D eigenvalue weighted by Crippen LogP contribution is 2.29. The number of benzene rings is 3. The summed E-state index contributed by atoms with van der Waals surface area (Å²) in [7, 11) is 4.53. The lowest BCUT2D eigenvalue weighted by molar-refractivity contribution is 0.0727. The third kappa shape index (κ3) is 5.30. The van der Waals surface area contributed by atoms with Crippen LogP contribution >= 0.6 is 0 Å². The van der Waals surface area contributed by atoms with E-state index in [1.807, 2.05) is 24.3 Å². The van der Waals surface area contributed by atoms with E-state index in [1.165, 1.54) is 20.3 Å². The molecule has 0 saturated carbocycles. The maximum absolute atomic E-state index is 12.6. The van der Waals surface area contributed by atoms with Gasteiger partial charge in [0.2, 0.25) is 0 Å². The molecule has 3 rings (SSSR count). The maximum Gasteiger partial charge on any atom is 0.351 e. The lowest BCUT2D eigenvalue weighted by atomic mass is 10.1. The first-order valence-corrected chi connectivity index (χ1v) is 9.45. The Hall–Kier alpha value is -4.06. The molecular weight excluding hydrogens is 396 g/mol. The second-order valence-electron chi connectivity index (χ2n) is 6.42. The molecule has 0 aliphatic heterocycles. The summed E-state index contributed by atoms with van der Waals surface area (Å²) in [6.45, 7) is 0. The van der Waals surface area contributed by atoms with Gasteiger partial charge in [-0.15, -0.1) is 0 Å². The Morgan fingerprint density at radius 1 is 0.710 bits per heavy atom. The molecule has 0 unspecified atom stereocenters. The third-order valence-corrected chi connectivity index (χ3v) is 4.52. The van der Waals surface area contributed by atoms with Gasteiger partial charge in [-0.05, 0) is 60.2 Å². The number of allylic oxidation sites excluding steroid dienone is 1. The highest BCUT2D eigenvalue weighted by molar-refractivity contribution is 6.07. The highest BCUT2D eigenvalue weighted by atomic mass is 16.5. The number of rotatable bonds is 8. The van der Waals surface area contributed by atoms with E-state index in [2.05, 4.69) is 0 Å². The molecule has 0 atom stereocenters. The van der Waals surface area contributed by atoms with Crippen LogP contribution in [0.15, 0.2) is 72.8 Å². The molecule has 6 heteroatoms. The van der Waals surface area contributed by atoms with Gasteiger partial charge in [-0.1, -0.05) is 24.3 Å². The number of methoxy groups -OCH3 is 3. The van der Waals surface area contributed by atoms with Crippen molar-refractivity contribution in [3.05, 3.63) is 89.5 Å². The fraction of sp³-hybridized carbons (Fsp3) is 0.120. The van der Waals surface area contributed by atoms with Crippen molar-refractivity contribution >= 4 is 17.8 Å². The van der Waals surface area contributed by atoms with E-state index in [0.29, 0.717) is 22.8 Å². The number of ketones is 1. The minimum absolute atomic E-state index is 0.167. The van der Waals surface area contributed by atoms with Gasteiger partial charge in [-0.3, -0.25) is 4.79 Å². The lowest BCUT2D eigenvalue weighted by Gasteiger charge is -2.12. The summed E-state index contributed by atoms with van der Waals surface area (Å²) in [5, 5.41) is 0. The maximum atomic E-state index is 12.6. The topological polar surface area (TPSA) is 71.1 Å². The monoisotopic (exact) mass is 418 g/mol. The summed E-state index contributed by atoms with van der Waals surface area (Å²) in [6.07, 6.45) is 3.21. The van der Waals surface area contributed by atoms with Gasteiger partial charge in [0.05, 0.1) is 21.3 Å². The number of carbonyl (C=O) groups is 2. The highest BCUT2D eigenvalue weighted by Gasteiger charge is 2.20. The summed E-state index contributed by atoms with van der Waals surface area (Å²) >= 11 is 0. The van der Waals surface area contributed by atoms with Gasteiger partial charge < -0.3 is 18.9 Å². The number of carbonyl (C=O) groups excluding carboxylic acids is 2. The molecule has 0 aromatic heterocycles. The van der Waals surface area contributed by atoms with Gasteiger partial charge in [0.25, 0.3) is 0 Å². The SMILES string of the molecule is COc1ccc(/C=C/C(=O)c2ccc(OC(=O)c3c(OC)cccc3OC)cc2)cc1. The van der Waals surface area contributed by atoms with E-state index < -0.39 is 5.97 Å². The van der Waals surface area contributed by atoms with Crippen LogP contribution in [0, 0.1) is 0 Å². The van der Waals surface area contributed by atoms with E-state index in [-0.39, 0.29) is 11.3 Å². The van der Waals surface area contributed by atoms with Gasteiger partial charge in [0.1, 0.15) is 28.6 Å². The average molecular weight is 418 g/mol. The first kappa shape index (κ1) is 21.6. The summed E-state index contributed by atoms with van der Waals surface area (Å²) in [5.41, 5.74) is 1.54. The number of hydrogen-bond donors (Lipinski definition) is 0. The molecule has 0 amide bonds. The zero-order chi connectivity index (χ0) is 22.2. The van der Waals surface area contributed by atoms with Gasteiger partial charge in [0, 0.05) is 5.56 Å². The quantitative estimate of drug-likeness (QED) is 0.226. The van der Waals surface area contributed by atoms with E-state index in [0.717, 1.165) is 11.3 Å². The van der Waals surface area contributed by atoms with Crippen molar-refractivity contribution in [1.82, 2.24) is 0 Å². The zero-order valence-electron chi connectivity index (χ0n) is 17.5. The Labute approximate surface area is 180 Å². The molecule has 0 N–H and O–H groups in total. The van der Waals surface area contributed by atoms with Crippen molar-refractivity contribution in [2.24, 2.45) is 0 Å². The summed E-state index contributed by atoms with van der Waals surface area (Å²) in [5.74, 6) is 0.959. The van der Waals surface area contributed by atoms with Crippen LogP contribution < -0.4 is 18.9 Å². The predicted molar refractivity (Wildman–Crippen MR) is 117 cm³/mol. The number of ether oxygens (including phenoxy) is 4. The molecule has 0 spiro atoms. The Bertz CT molecular complexity index is 1060. The second kappa shape index (κ2) is 10.1. The summed E-state index contributed by atoms with van der Waals surface area (Å²) < 4.78 is 21.0. The van der Waals surface area contributed by atoms with E-state index >= 15 is 0 Å². The van der Waals surface area contributed by atoms with Gasteiger partial charge in [-0.2, -0.15) is 0 Å². The molecule has 0 heterocycles. The molecule has 0 bridgehead atoms. The molecule has 0 radical (unpaired) electrons. The van der Waals surface area contributed by atoms with Crippen molar-refractivity contribution in [1.29, 1.82) is 0 Å². The standard InChI is InChI=1S/C25H22O6/c1-28-19-12-7-17(8-13-19)9-16-21(26)18-10-14-20(15-11-18)31-25(27)24-22(29-2)5-4-6-23(24)30-3/h4-16H,1-3H3/b16-9+. The molecule has 31 heavy (non-hydrogen) atoms. The molecule has 3 aromatic rings. The van der Waals surface area contributed by atoms with Crippen LogP contribution in [0.2, 0.25) is 0 Å². The summed E-state index contributed by atoms with van der Waals surface area (Å²) in [4.78, 5) is 25.0. The van der Waals surface area contributed by atoms with Crippen LogP contribution in [0.1, 0.15) is 26.3 Å². The predicted octanol–water partition coefficient (Wildman–Crippen LogP) is 4.83. The Morgan fingerprint density at radius 2 is 1.29 bits per heavy atom. The normalized spacial score (nSPS) is 10.5. The first-order chi connectivity index (χ1) is 15.0. The zero-order valence-corrected chi connectivity index (χ0v) is 17.5. The van der Waals surface area contributed by atoms with E-state index in [9.17, 15) is 9.59 Å². The molecule has 6 nitrogen and oxygen atoms in total. The fourth-order valence-electron chi connectivity index (χ4n) is 2.88. The number of esters is 1. The largest absolute Gasteiger partial charge is 0.497 e. The molecule has 0 saturated heterocycles. The summed E-state index contributed by atoms with van der Waals surface area (Å²) in [6, 6.07) is 18.7. The molecule has 0 fully saturated rings. The van der Waals surface area contributed by atoms with Crippen molar-refractivity contribution in [3.8, 4) is 23.0 Å². The van der Waals surface area contributed by atoms with Crippen molar-refractivity contribution < 1.29 is 28.5 Å². The smallest absolute Gasteiger partial charge is 0.351 e. The van der Waals surface area contributed by atoms with Crippen LogP contribution in [-0.4, -0.2) is 33.1 Å². The average Bonchev–Trinajstić information content (AvgIpc) is 2.82. The molecule has 3 aromatic carbocycles. The lowest BCUT2D eigenvalue weighted by Crippen LogP contribution is -2.12. The molecule has 0 aliphatic rings. The van der Waals surface area contributed by atoms with Crippen LogP contribution in [0.25, 0.3) is 6.08 Å². The number of hydrogen-bond acceptors (Lipinski definition) is 6. The van der Waals surface area contributed by atoms with Crippen LogP contribution in [0.4, 0.5) is 0 Å². The van der Waals surface area contributed by atoms with Gasteiger partial charge >= 0.3 is 5.97 Å². The minimum Gasteiger partial charge on any atom is -0.497 e. The van der Waals surface area contributed by atoms with Crippen LogP contribution in [0.3, 0.4) is 0 Å². The molecular formula is C25H22O6. The Morgan fingerprint density at radius 3 is 1.84 bits per heavy atom. The van der Waals surface area contributed by atoms with Crippen molar-refractivity contribution in [2.75, 3.05) is 21.3 Å². The van der Waals surface area contributed by atoms with Crippen molar-refractivity contribution in [3.63, 3.8) is 0 Å². The minimum atomic E-state index is -0.618. The molecule has 158 valence electrons.